The Bertz CT molecular complexity index is 701. The number of aromatic amines is 1. The fourth-order valence-electron chi connectivity index (χ4n) is 2.04. The number of hydrogen-bond donors (Lipinski definition) is 1. The Morgan fingerprint density at radius 3 is 2.68 bits per heavy atom. The first-order valence-electron chi connectivity index (χ1n) is 6.10. The minimum absolute atomic E-state index is 0.515. The second kappa shape index (κ2) is 4.98. The molecule has 0 saturated heterocycles. The molecule has 0 aliphatic rings. The molecule has 0 aliphatic heterocycles. The van der Waals surface area contributed by atoms with E-state index in [1.54, 1.807) is 0 Å². The number of carbonyl (C=O) groups is 1. The summed E-state index contributed by atoms with van der Waals surface area (Å²) in [6, 6.07) is 17.5. The van der Waals surface area contributed by atoms with E-state index >= 15 is 0 Å². The van der Waals surface area contributed by atoms with Crippen LogP contribution in [-0.2, 0) is 6.61 Å². The van der Waals surface area contributed by atoms with Crippen LogP contribution in [-0.4, -0.2) is 11.3 Å². The van der Waals surface area contributed by atoms with Gasteiger partial charge in [0.25, 0.3) is 0 Å². The molecule has 0 unspecified atom stereocenters. The normalized spacial score (nSPS) is 10.5. The highest BCUT2D eigenvalue weighted by atomic mass is 16.5. The van der Waals surface area contributed by atoms with E-state index in [2.05, 4.69) is 4.98 Å². The number of benzene rings is 2. The molecule has 1 N–H and O–H groups in total. The van der Waals surface area contributed by atoms with Crippen LogP contribution in [0.4, 0.5) is 0 Å². The molecule has 3 rings (SSSR count). The summed E-state index contributed by atoms with van der Waals surface area (Å²) in [4.78, 5) is 13.8. The Balaban J connectivity index is 1.79. The van der Waals surface area contributed by atoms with Gasteiger partial charge in [-0.2, -0.15) is 0 Å². The predicted molar refractivity (Wildman–Crippen MR) is 74.5 cm³/mol. The summed E-state index contributed by atoms with van der Waals surface area (Å²) in [6.45, 7) is 0.515. The zero-order chi connectivity index (χ0) is 13.1. The van der Waals surface area contributed by atoms with E-state index in [1.807, 2.05) is 54.6 Å². The molecule has 0 fully saturated rings. The van der Waals surface area contributed by atoms with Crippen molar-refractivity contribution in [2.75, 3.05) is 0 Å². The van der Waals surface area contributed by atoms with Crippen LogP contribution in [0, 0.1) is 0 Å². The number of fused-ring (bicyclic) bond motifs is 1. The average molecular weight is 251 g/mol. The molecule has 0 spiro atoms. The molecule has 19 heavy (non-hydrogen) atoms. The number of aromatic nitrogens is 1. The maximum Gasteiger partial charge on any atom is 0.166 e. The first-order valence-corrected chi connectivity index (χ1v) is 6.10. The van der Waals surface area contributed by atoms with Crippen molar-refractivity contribution >= 4 is 17.2 Å². The fourth-order valence-corrected chi connectivity index (χ4v) is 2.04. The van der Waals surface area contributed by atoms with Crippen LogP contribution in [0.5, 0.6) is 5.75 Å². The minimum atomic E-state index is 0.515. The molecule has 1 heterocycles. The van der Waals surface area contributed by atoms with E-state index in [0.717, 1.165) is 28.5 Å². The lowest BCUT2D eigenvalue weighted by atomic mass is 10.1. The first kappa shape index (κ1) is 11.5. The van der Waals surface area contributed by atoms with Gasteiger partial charge in [-0.15, -0.1) is 0 Å². The third kappa shape index (κ3) is 2.50. The molecule has 2 aromatic carbocycles. The zero-order valence-corrected chi connectivity index (χ0v) is 10.3. The number of H-pyrrole nitrogens is 1. The molecular formula is C16H13NO2. The minimum Gasteiger partial charge on any atom is -0.489 e. The second-order valence-corrected chi connectivity index (χ2v) is 4.37. The first-order chi connectivity index (χ1) is 9.35. The molecule has 3 heteroatoms. The second-order valence-electron chi connectivity index (χ2n) is 4.37. The Kier molecular flexibility index (Phi) is 3.02. The van der Waals surface area contributed by atoms with Gasteiger partial charge in [0.2, 0.25) is 0 Å². The quantitative estimate of drug-likeness (QED) is 0.720. The summed E-state index contributed by atoms with van der Waals surface area (Å²) in [5.74, 6) is 0.852. The SMILES string of the molecule is O=Cc1cc2cc(COc3ccccc3)ccc2[nH]1. The molecule has 1 aromatic heterocycles. The largest absolute Gasteiger partial charge is 0.489 e. The van der Waals surface area contributed by atoms with E-state index < -0.39 is 0 Å². The highest BCUT2D eigenvalue weighted by molar-refractivity contribution is 5.88. The standard InChI is InChI=1S/C16H13NO2/c18-10-14-9-13-8-12(6-7-16(13)17-14)11-19-15-4-2-1-3-5-15/h1-10,17H,11H2. The van der Waals surface area contributed by atoms with E-state index in [-0.39, 0.29) is 0 Å². The maximum atomic E-state index is 10.7. The van der Waals surface area contributed by atoms with Crippen molar-refractivity contribution in [1.82, 2.24) is 4.98 Å². The van der Waals surface area contributed by atoms with Crippen molar-refractivity contribution in [1.29, 1.82) is 0 Å². The third-order valence-electron chi connectivity index (χ3n) is 2.98. The Morgan fingerprint density at radius 1 is 1.05 bits per heavy atom. The maximum absolute atomic E-state index is 10.7. The van der Waals surface area contributed by atoms with Crippen molar-refractivity contribution in [2.24, 2.45) is 0 Å². The number of para-hydroxylation sites is 1. The van der Waals surface area contributed by atoms with Crippen LogP contribution in [0.3, 0.4) is 0 Å². The van der Waals surface area contributed by atoms with Crippen LogP contribution in [0.2, 0.25) is 0 Å². The van der Waals surface area contributed by atoms with E-state index in [1.165, 1.54) is 0 Å². The van der Waals surface area contributed by atoms with Gasteiger partial charge in [0.1, 0.15) is 12.4 Å². The summed E-state index contributed by atoms with van der Waals surface area (Å²) >= 11 is 0. The van der Waals surface area contributed by atoms with Crippen molar-refractivity contribution in [3.8, 4) is 5.75 Å². The molecule has 0 radical (unpaired) electrons. The van der Waals surface area contributed by atoms with E-state index in [0.29, 0.717) is 12.3 Å². The molecule has 94 valence electrons. The number of hydrogen-bond acceptors (Lipinski definition) is 2. The van der Waals surface area contributed by atoms with Crippen LogP contribution >= 0.6 is 0 Å². The molecule has 0 bridgehead atoms. The number of carbonyl (C=O) groups excluding carboxylic acids is 1. The van der Waals surface area contributed by atoms with Crippen LogP contribution in [0.15, 0.2) is 54.6 Å². The number of nitrogens with one attached hydrogen (secondary N) is 1. The molecule has 0 amide bonds. The van der Waals surface area contributed by atoms with Gasteiger partial charge in [-0.1, -0.05) is 24.3 Å². The van der Waals surface area contributed by atoms with Crippen molar-refractivity contribution in [3.63, 3.8) is 0 Å². The highest BCUT2D eigenvalue weighted by Crippen LogP contribution is 2.18. The summed E-state index contributed by atoms with van der Waals surface area (Å²) in [7, 11) is 0. The van der Waals surface area contributed by atoms with Crippen LogP contribution in [0.1, 0.15) is 16.1 Å². The van der Waals surface area contributed by atoms with Gasteiger partial charge in [-0.3, -0.25) is 4.79 Å². The zero-order valence-electron chi connectivity index (χ0n) is 10.3. The fraction of sp³-hybridized carbons (Fsp3) is 0.0625. The molecule has 3 nitrogen and oxygen atoms in total. The predicted octanol–water partition coefficient (Wildman–Crippen LogP) is 3.56. The Hall–Kier alpha value is -2.55. The van der Waals surface area contributed by atoms with Gasteiger partial charge in [0.15, 0.2) is 6.29 Å². The molecule has 3 aromatic rings. The summed E-state index contributed by atoms with van der Waals surface area (Å²) in [6.07, 6.45) is 0.820. The number of ether oxygens (including phenoxy) is 1. The Labute approximate surface area is 110 Å². The summed E-state index contributed by atoms with van der Waals surface area (Å²) in [5.41, 5.74) is 2.63. The summed E-state index contributed by atoms with van der Waals surface area (Å²) < 4.78 is 5.69. The lowest BCUT2D eigenvalue weighted by Crippen LogP contribution is -1.94. The highest BCUT2D eigenvalue weighted by Gasteiger charge is 2.02. The smallest absolute Gasteiger partial charge is 0.166 e. The van der Waals surface area contributed by atoms with Crippen molar-refractivity contribution in [3.05, 3.63) is 65.9 Å². The van der Waals surface area contributed by atoms with Gasteiger partial charge in [-0.25, -0.2) is 0 Å². The van der Waals surface area contributed by atoms with Crippen LogP contribution < -0.4 is 4.74 Å². The topological polar surface area (TPSA) is 42.1 Å². The van der Waals surface area contributed by atoms with E-state index in [4.69, 9.17) is 4.74 Å². The van der Waals surface area contributed by atoms with Gasteiger partial charge in [-0.05, 0) is 35.9 Å². The molecule has 0 aliphatic carbocycles. The lowest BCUT2D eigenvalue weighted by molar-refractivity contribution is 0.112. The number of aldehydes is 1. The lowest BCUT2D eigenvalue weighted by Gasteiger charge is -2.05. The summed E-state index contributed by atoms with van der Waals surface area (Å²) in [5, 5.41) is 1.02. The monoisotopic (exact) mass is 251 g/mol. The third-order valence-corrected chi connectivity index (χ3v) is 2.98. The van der Waals surface area contributed by atoms with Gasteiger partial charge in [0.05, 0.1) is 5.69 Å². The Morgan fingerprint density at radius 2 is 1.89 bits per heavy atom. The average Bonchev–Trinajstić information content (AvgIpc) is 2.88. The van der Waals surface area contributed by atoms with Gasteiger partial charge in [0, 0.05) is 10.9 Å². The number of rotatable bonds is 4. The van der Waals surface area contributed by atoms with Crippen molar-refractivity contribution < 1.29 is 9.53 Å². The van der Waals surface area contributed by atoms with E-state index in [9.17, 15) is 4.79 Å². The molecule has 0 saturated carbocycles. The van der Waals surface area contributed by atoms with Gasteiger partial charge >= 0.3 is 0 Å². The molecular weight excluding hydrogens is 238 g/mol. The van der Waals surface area contributed by atoms with Crippen molar-refractivity contribution in [2.45, 2.75) is 6.61 Å². The van der Waals surface area contributed by atoms with Crippen LogP contribution in [0.25, 0.3) is 10.9 Å². The van der Waals surface area contributed by atoms with Gasteiger partial charge < -0.3 is 9.72 Å². The molecule has 0 atom stereocenters.